The summed E-state index contributed by atoms with van der Waals surface area (Å²) in [5.74, 6) is -1.24. The van der Waals surface area contributed by atoms with Crippen LogP contribution in [0.5, 0.6) is 5.75 Å². The third-order valence-electron chi connectivity index (χ3n) is 3.97. The van der Waals surface area contributed by atoms with Crippen molar-refractivity contribution in [2.45, 2.75) is 51.8 Å². The minimum absolute atomic E-state index is 0.147. The quantitative estimate of drug-likeness (QED) is 0.507. The Labute approximate surface area is 170 Å². The van der Waals surface area contributed by atoms with E-state index in [0.717, 1.165) is 11.0 Å². The van der Waals surface area contributed by atoms with Gasteiger partial charge in [-0.2, -0.15) is 13.2 Å². The summed E-state index contributed by atoms with van der Waals surface area (Å²) in [7, 11) is 0. The Morgan fingerprint density at radius 2 is 1.87 bits per heavy atom. The topological polar surface area (TPSA) is 71.6 Å². The van der Waals surface area contributed by atoms with Crippen molar-refractivity contribution in [2.24, 2.45) is 0 Å². The standard InChI is InChI=1S/C19H23F6N3O2/c1-5-7-13(14-8-15(17(26)27-9-14)30-19(23,24)25)10-28(11(3)6-2)12(4)16(29)18(20,21)22/h8-10,16,29H,3-7H2,1-2H3,(H2,26,27)/b13-10+. The van der Waals surface area contributed by atoms with Crippen molar-refractivity contribution in [3.63, 3.8) is 0 Å². The predicted molar refractivity (Wildman–Crippen MR) is 101 cm³/mol. The van der Waals surface area contributed by atoms with Crippen LogP contribution in [-0.2, 0) is 0 Å². The van der Waals surface area contributed by atoms with Crippen LogP contribution in [0.3, 0.4) is 0 Å². The van der Waals surface area contributed by atoms with E-state index in [1.54, 1.807) is 13.8 Å². The molecule has 1 atom stereocenters. The van der Waals surface area contributed by atoms with Gasteiger partial charge >= 0.3 is 12.5 Å². The molecule has 5 nitrogen and oxygen atoms in total. The number of nitrogens with two attached hydrogens (primary N) is 1. The second-order valence-electron chi connectivity index (χ2n) is 6.28. The number of aliphatic hydroxyl groups is 1. The van der Waals surface area contributed by atoms with Crippen LogP contribution in [0.2, 0.25) is 0 Å². The highest BCUT2D eigenvalue weighted by molar-refractivity contribution is 5.68. The highest BCUT2D eigenvalue weighted by Gasteiger charge is 2.42. The molecule has 0 bridgehead atoms. The van der Waals surface area contributed by atoms with E-state index < -0.39 is 35.9 Å². The number of ether oxygens (including phenoxy) is 1. The molecule has 0 aromatic carbocycles. The molecule has 3 N–H and O–H groups in total. The molecular weight excluding hydrogens is 416 g/mol. The molecule has 1 heterocycles. The lowest BCUT2D eigenvalue weighted by atomic mass is 10.0. The molecule has 30 heavy (non-hydrogen) atoms. The molecule has 0 aliphatic rings. The number of aliphatic hydroxyl groups excluding tert-OH is 1. The van der Waals surface area contributed by atoms with Crippen molar-refractivity contribution < 1.29 is 36.2 Å². The van der Waals surface area contributed by atoms with Gasteiger partial charge in [0.1, 0.15) is 0 Å². The summed E-state index contributed by atoms with van der Waals surface area (Å²) < 4.78 is 80.5. The van der Waals surface area contributed by atoms with Crippen LogP contribution in [0.15, 0.2) is 43.0 Å². The number of nitrogens with zero attached hydrogens (tertiary/aromatic N) is 2. The molecule has 1 rings (SSSR count). The number of anilines is 1. The zero-order valence-electron chi connectivity index (χ0n) is 16.4. The fourth-order valence-corrected chi connectivity index (χ4v) is 2.41. The third-order valence-corrected chi connectivity index (χ3v) is 3.97. The Morgan fingerprint density at radius 3 is 2.33 bits per heavy atom. The van der Waals surface area contributed by atoms with Gasteiger partial charge in [0.2, 0.25) is 0 Å². The van der Waals surface area contributed by atoms with Crippen LogP contribution in [0.4, 0.5) is 32.2 Å². The highest BCUT2D eigenvalue weighted by Crippen LogP contribution is 2.34. The molecule has 168 valence electrons. The maximum absolute atomic E-state index is 13.0. The van der Waals surface area contributed by atoms with Crippen molar-refractivity contribution in [3.05, 3.63) is 48.6 Å². The average molecular weight is 439 g/mol. The van der Waals surface area contributed by atoms with Crippen LogP contribution in [0, 0.1) is 0 Å². The molecule has 0 saturated heterocycles. The van der Waals surface area contributed by atoms with E-state index in [-0.39, 0.29) is 24.1 Å². The van der Waals surface area contributed by atoms with Gasteiger partial charge in [0.05, 0.1) is 5.70 Å². The number of hydrogen-bond donors (Lipinski definition) is 2. The summed E-state index contributed by atoms with van der Waals surface area (Å²) in [6, 6.07) is 0.993. The fourth-order valence-electron chi connectivity index (χ4n) is 2.41. The Balaban J connectivity index is 3.48. The first-order valence-corrected chi connectivity index (χ1v) is 8.84. The van der Waals surface area contributed by atoms with Crippen LogP contribution in [-0.4, -0.2) is 33.6 Å². The number of rotatable bonds is 9. The second-order valence-corrected chi connectivity index (χ2v) is 6.28. The van der Waals surface area contributed by atoms with Crippen LogP contribution < -0.4 is 10.5 Å². The number of halogens is 6. The Kier molecular flexibility index (Phi) is 8.34. The molecule has 0 aliphatic carbocycles. The summed E-state index contributed by atoms with van der Waals surface area (Å²) in [6.07, 6.45) is -9.41. The van der Waals surface area contributed by atoms with Crippen molar-refractivity contribution in [2.75, 3.05) is 5.73 Å². The molecule has 1 aromatic heterocycles. The van der Waals surface area contributed by atoms with Gasteiger partial charge < -0.3 is 20.5 Å². The van der Waals surface area contributed by atoms with Crippen molar-refractivity contribution in [1.82, 2.24) is 9.88 Å². The van der Waals surface area contributed by atoms with Crippen LogP contribution in [0.1, 0.15) is 38.7 Å². The lowest BCUT2D eigenvalue weighted by molar-refractivity contribution is -0.274. The van der Waals surface area contributed by atoms with Crippen LogP contribution in [0.25, 0.3) is 5.57 Å². The highest BCUT2D eigenvalue weighted by atomic mass is 19.4. The number of alkyl halides is 6. The number of pyridine rings is 1. The molecule has 0 aliphatic heterocycles. The summed E-state index contributed by atoms with van der Waals surface area (Å²) in [5, 5.41) is 9.58. The molecule has 11 heteroatoms. The number of aromatic nitrogens is 1. The molecule has 0 radical (unpaired) electrons. The van der Waals surface area contributed by atoms with Crippen molar-refractivity contribution in [3.8, 4) is 5.75 Å². The van der Waals surface area contributed by atoms with Gasteiger partial charge in [-0.15, -0.1) is 13.2 Å². The van der Waals surface area contributed by atoms with E-state index in [4.69, 9.17) is 5.73 Å². The number of hydrogen-bond acceptors (Lipinski definition) is 5. The SMILES string of the molecule is C=C(CC)N(/C=C(\CCC)c1cnc(N)c(OC(F)(F)F)c1)C(=C)C(O)C(F)(F)F. The third kappa shape index (κ3) is 6.97. The summed E-state index contributed by atoms with van der Waals surface area (Å²) in [4.78, 5) is 4.65. The Morgan fingerprint density at radius 1 is 1.27 bits per heavy atom. The fraction of sp³-hybridized carbons (Fsp3) is 0.421. The molecule has 0 spiro atoms. The predicted octanol–water partition coefficient (Wildman–Crippen LogP) is 5.37. The molecule has 0 saturated carbocycles. The van der Waals surface area contributed by atoms with E-state index in [1.807, 2.05) is 0 Å². The maximum atomic E-state index is 13.0. The van der Waals surface area contributed by atoms with Gasteiger partial charge in [0, 0.05) is 23.7 Å². The Hall–Kier alpha value is -2.69. The lowest BCUT2D eigenvalue weighted by Gasteiger charge is -2.29. The van der Waals surface area contributed by atoms with E-state index in [1.165, 1.54) is 12.4 Å². The minimum Gasteiger partial charge on any atom is -0.402 e. The van der Waals surface area contributed by atoms with Gasteiger partial charge in [-0.3, -0.25) is 0 Å². The summed E-state index contributed by atoms with van der Waals surface area (Å²) >= 11 is 0. The molecule has 1 aromatic rings. The van der Waals surface area contributed by atoms with Gasteiger partial charge in [-0.25, -0.2) is 4.98 Å². The molecule has 1 unspecified atom stereocenters. The van der Waals surface area contributed by atoms with Crippen molar-refractivity contribution in [1.29, 1.82) is 0 Å². The zero-order valence-corrected chi connectivity index (χ0v) is 16.4. The zero-order chi connectivity index (χ0) is 23.3. The lowest BCUT2D eigenvalue weighted by Crippen LogP contribution is -2.36. The smallest absolute Gasteiger partial charge is 0.402 e. The van der Waals surface area contributed by atoms with Gasteiger partial charge in [-0.1, -0.05) is 33.4 Å². The first-order valence-electron chi connectivity index (χ1n) is 8.84. The van der Waals surface area contributed by atoms with Crippen molar-refractivity contribution >= 4 is 11.4 Å². The van der Waals surface area contributed by atoms with Gasteiger partial charge in [0.15, 0.2) is 17.7 Å². The molecule has 0 amide bonds. The number of allylic oxidation sites excluding steroid dienone is 2. The van der Waals surface area contributed by atoms with E-state index in [0.29, 0.717) is 12.0 Å². The van der Waals surface area contributed by atoms with Crippen LogP contribution >= 0.6 is 0 Å². The summed E-state index contributed by atoms with van der Waals surface area (Å²) in [6.45, 7) is 10.4. The van der Waals surface area contributed by atoms with E-state index >= 15 is 0 Å². The second kappa shape index (κ2) is 9.88. The Bertz CT molecular complexity index is 802. The summed E-state index contributed by atoms with van der Waals surface area (Å²) in [5.41, 5.74) is 5.38. The van der Waals surface area contributed by atoms with E-state index in [9.17, 15) is 31.4 Å². The average Bonchev–Trinajstić information content (AvgIpc) is 2.63. The molecular formula is C19H23F6N3O2. The minimum atomic E-state index is -5.00. The first-order chi connectivity index (χ1) is 13.7. The number of nitrogen functional groups attached to an aromatic ring is 1. The van der Waals surface area contributed by atoms with Gasteiger partial charge in [-0.05, 0) is 24.5 Å². The van der Waals surface area contributed by atoms with Gasteiger partial charge in [0.25, 0.3) is 0 Å². The van der Waals surface area contributed by atoms with E-state index in [2.05, 4.69) is 22.9 Å². The maximum Gasteiger partial charge on any atom is 0.573 e. The molecule has 0 fully saturated rings. The first kappa shape index (κ1) is 25.3. The largest absolute Gasteiger partial charge is 0.573 e. The normalized spacial score (nSPS) is 13.7. The monoisotopic (exact) mass is 439 g/mol.